The molecule has 4 aromatic rings. The fourth-order valence-corrected chi connectivity index (χ4v) is 4.72. The Hall–Kier alpha value is -4.39. The van der Waals surface area contributed by atoms with Gasteiger partial charge in [0.2, 0.25) is 0 Å². The molecule has 0 saturated carbocycles. The van der Waals surface area contributed by atoms with Gasteiger partial charge in [0, 0.05) is 29.7 Å². The first kappa shape index (κ1) is 21.5. The molecule has 2 heterocycles. The van der Waals surface area contributed by atoms with Gasteiger partial charge in [-0.2, -0.15) is 0 Å². The lowest BCUT2D eigenvalue weighted by Gasteiger charge is -2.21. The fourth-order valence-electron chi connectivity index (χ4n) is 4.72. The first-order valence-electron chi connectivity index (χ1n) is 11.1. The van der Waals surface area contributed by atoms with Gasteiger partial charge in [0.05, 0.1) is 5.69 Å². The van der Waals surface area contributed by atoms with Crippen LogP contribution in [0.5, 0.6) is 5.75 Å². The highest BCUT2D eigenvalue weighted by atomic mass is 16.3. The van der Waals surface area contributed by atoms with E-state index in [1.165, 1.54) is 9.69 Å². The number of H-pyrrole nitrogens is 1. The number of hydrogen-bond acceptors (Lipinski definition) is 3. The third-order valence-corrected chi connectivity index (χ3v) is 6.30. The summed E-state index contributed by atoms with van der Waals surface area (Å²) in [6.45, 7) is 3.66. The van der Waals surface area contributed by atoms with Crippen LogP contribution in [0.4, 0.5) is 5.69 Å². The van der Waals surface area contributed by atoms with E-state index in [0.717, 1.165) is 0 Å². The number of aromatic amines is 1. The topological polar surface area (TPSA) is 92.3 Å². The first-order valence-corrected chi connectivity index (χ1v) is 11.1. The number of phenols is 1. The molecule has 0 bridgehead atoms. The number of hydrazone groups is 1. The minimum Gasteiger partial charge on any atom is -0.508 e. The zero-order valence-corrected chi connectivity index (χ0v) is 18.9. The number of carbonyl (C=O) groups excluding carboxylic acids is 1. The minimum absolute atomic E-state index is 0.0394. The normalized spacial score (nSPS) is 16.5. The Morgan fingerprint density at radius 1 is 0.853 bits per heavy atom. The van der Waals surface area contributed by atoms with Gasteiger partial charge in [-0.25, -0.2) is 4.68 Å². The Morgan fingerprint density at radius 3 is 2.09 bits per heavy atom. The number of amides is 1. The van der Waals surface area contributed by atoms with Crippen LogP contribution in [0.1, 0.15) is 29.7 Å². The zero-order valence-electron chi connectivity index (χ0n) is 18.9. The molecule has 1 aliphatic rings. The quantitative estimate of drug-likeness (QED) is 0.433. The summed E-state index contributed by atoms with van der Waals surface area (Å²) in [5, 5.41) is 18.6. The predicted molar refractivity (Wildman–Crippen MR) is 130 cm³/mol. The van der Waals surface area contributed by atoms with Gasteiger partial charge in [0.25, 0.3) is 11.5 Å². The second-order valence-corrected chi connectivity index (χ2v) is 8.44. The molecule has 0 aliphatic carbocycles. The number of aromatic hydroxyl groups is 1. The Balaban J connectivity index is 1.69. The second kappa shape index (κ2) is 8.51. The van der Waals surface area contributed by atoms with Gasteiger partial charge >= 0.3 is 0 Å². The third kappa shape index (κ3) is 3.51. The molecule has 0 fully saturated rings. The molecule has 7 nitrogen and oxygen atoms in total. The molecule has 1 aromatic heterocycles. The number of aromatic nitrogens is 2. The number of anilines is 1. The Kier molecular flexibility index (Phi) is 5.37. The summed E-state index contributed by atoms with van der Waals surface area (Å²) in [4.78, 5) is 27.5. The van der Waals surface area contributed by atoms with Crippen molar-refractivity contribution in [3.63, 3.8) is 0 Å². The van der Waals surface area contributed by atoms with E-state index >= 15 is 0 Å². The lowest BCUT2D eigenvalue weighted by atomic mass is 9.78. The Labute approximate surface area is 196 Å². The van der Waals surface area contributed by atoms with Crippen molar-refractivity contribution < 1.29 is 15.0 Å². The molecule has 0 saturated heterocycles. The number of para-hydroxylation sites is 3. The number of hydrogen-bond donors (Lipinski definition) is 3. The highest BCUT2D eigenvalue weighted by Gasteiger charge is 2.48. The van der Waals surface area contributed by atoms with Crippen molar-refractivity contribution in [2.24, 2.45) is 5.92 Å². The van der Waals surface area contributed by atoms with E-state index in [0.29, 0.717) is 33.9 Å². The number of carbonyl (C=O) groups is 1. The molecule has 0 spiro atoms. The van der Waals surface area contributed by atoms with Crippen LogP contribution >= 0.6 is 0 Å². The van der Waals surface area contributed by atoms with Gasteiger partial charge in [0.15, 0.2) is 5.71 Å². The maximum absolute atomic E-state index is 13.8. The third-order valence-electron chi connectivity index (χ3n) is 6.30. The maximum Gasteiger partial charge on any atom is 0.297 e. The van der Waals surface area contributed by atoms with Crippen LogP contribution in [0.25, 0.3) is 5.69 Å². The molecule has 170 valence electrons. The standard InChI is InChI=1S/C27H24N4O3/c1-17-23(26(33)30(28-17)19-11-5-3-6-12-19)25(21-15-9-10-16-22(21)32)24-18(2)29-31(27(24)34)20-13-7-4-8-14-20/h3-16,23,25,29,32H,1-2H3/p+1. The zero-order chi connectivity index (χ0) is 23.8. The van der Waals surface area contributed by atoms with Crippen LogP contribution in [0.3, 0.4) is 0 Å². The molecule has 1 aliphatic heterocycles. The smallest absolute Gasteiger partial charge is 0.297 e. The van der Waals surface area contributed by atoms with Crippen molar-refractivity contribution >= 4 is 17.3 Å². The van der Waals surface area contributed by atoms with Gasteiger partial charge in [-0.3, -0.25) is 14.7 Å². The van der Waals surface area contributed by atoms with Crippen LogP contribution < -0.4 is 15.7 Å². The van der Waals surface area contributed by atoms with Gasteiger partial charge in [-0.05, 0) is 37.3 Å². The number of rotatable bonds is 5. The van der Waals surface area contributed by atoms with Crippen LogP contribution in [0.15, 0.2) is 89.7 Å². The summed E-state index contributed by atoms with van der Waals surface area (Å²) in [5.74, 6) is -1.54. The SMILES string of the molecule is CC1=[NH+]N(c2ccccc2)C(=O)C1C(c1ccccc1O)c1c(C)[nH]n(-c2ccccc2)c1=O. The summed E-state index contributed by atoms with van der Waals surface area (Å²) >= 11 is 0. The molecular weight excluding hydrogens is 428 g/mol. The van der Waals surface area contributed by atoms with Crippen LogP contribution in [-0.2, 0) is 4.79 Å². The lowest BCUT2D eigenvalue weighted by molar-refractivity contribution is -0.455. The van der Waals surface area contributed by atoms with E-state index in [1.807, 2.05) is 74.5 Å². The number of phenolic OH excluding ortho intramolecular Hbond substituents is 1. The minimum atomic E-state index is -0.695. The summed E-state index contributed by atoms with van der Waals surface area (Å²) in [6, 6.07) is 25.5. The molecule has 3 N–H and O–H groups in total. The van der Waals surface area contributed by atoms with Crippen molar-refractivity contribution in [3.05, 3.63) is 112 Å². The highest BCUT2D eigenvalue weighted by molar-refractivity contribution is 6.11. The largest absolute Gasteiger partial charge is 0.508 e. The number of nitrogens with one attached hydrogen (secondary N) is 2. The lowest BCUT2D eigenvalue weighted by Crippen LogP contribution is -2.81. The van der Waals surface area contributed by atoms with Crippen LogP contribution in [0, 0.1) is 12.8 Å². The summed E-state index contributed by atoms with van der Waals surface area (Å²) < 4.78 is 1.48. The molecule has 1 amide bonds. The van der Waals surface area contributed by atoms with Crippen molar-refractivity contribution in [1.82, 2.24) is 9.78 Å². The Bertz CT molecular complexity index is 1440. The Morgan fingerprint density at radius 2 is 1.44 bits per heavy atom. The molecule has 34 heavy (non-hydrogen) atoms. The van der Waals surface area contributed by atoms with Crippen molar-refractivity contribution in [1.29, 1.82) is 0 Å². The first-order chi connectivity index (χ1) is 16.5. The summed E-state index contributed by atoms with van der Waals surface area (Å²) in [5.41, 5.74) is 3.46. The highest BCUT2D eigenvalue weighted by Crippen LogP contribution is 2.39. The fraction of sp³-hybridized carbons (Fsp3) is 0.148. The maximum atomic E-state index is 13.8. The van der Waals surface area contributed by atoms with Gasteiger partial charge < -0.3 is 5.11 Å². The van der Waals surface area contributed by atoms with Crippen molar-refractivity contribution in [2.45, 2.75) is 19.8 Å². The van der Waals surface area contributed by atoms with Crippen molar-refractivity contribution in [3.8, 4) is 11.4 Å². The van der Waals surface area contributed by atoms with Crippen LogP contribution in [-0.4, -0.2) is 26.5 Å². The molecule has 7 heteroatoms. The molecule has 0 radical (unpaired) electrons. The van der Waals surface area contributed by atoms with Gasteiger partial charge in [0.1, 0.15) is 17.4 Å². The number of nitrogens with zero attached hydrogens (tertiary/aromatic N) is 2. The number of benzene rings is 3. The summed E-state index contributed by atoms with van der Waals surface area (Å²) in [7, 11) is 0. The molecule has 2 unspecified atom stereocenters. The van der Waals surface area contributed by atoms with Crippen molar-refractivity contribution in [2.75, 3.05) is 5.01 Å². The predicted octanol–water partition coefficient (Wildman–Crippen LogP) is 2.43. The van der Waals surface area contributed by atoms with E-state index < -0.39 is 11.8 Å². The van der Waals surface area contributed by atoms with E-state index in [1.54, 1.807) is 24.3 Å². The molecule has 3 aromatic carbocycles. The van der Waals surface area contributed by atoms with E-state index in [4.69, 9.17) is 0 Å². The van der Waals surface area contributed by atoms with Gasteiger partial charge in [-0.1, -0.05) is 59.6 Å². The number of hydrazine groups is 1. The molecular formula is C27H25N4O3+. The van der Waals surface area contributed by atoms with Crippen LogP contribution in [0.2, 0.25) is 0 Å². The average Bonchev–Trinajstić information content (AvgIpc) is 3.32. The van der Waals surface area contributed by atoms with E-state index in [2.05, 4.69) is 10.2 Å². The molecule has 2 atom stereocenters. The van der Waals surface area contributed by atoms with E-state index in [-0.39, 0.29) is 17.2 Å². The average molecular weight is 454 g/mol. The summed E-state index contributed by atoms with van der Waals surface area (Å²) in [6.07, 6.45) is 0. The second-order valence-electron chi connectivity index (χ2n) is 8.44. The number of aryl methyl sites for hydroxylation is 1. The van der Waals surface area contributed by atoms with Gasteiger partial charge in [-0.15, -0.1) is 5.10 Å². The monoisotopic (exact) mass is 453 g/mol. The van der Waals surface area contributed by atoms with E-state index in [9.17, 15) is 14.7 Å². The molecule has 5 rings (SSSR count).